The van der Waals surface area contributed by atoms with Gasteiger partial charge in [0.15, 0.2) is 0 Å². The van der Waals surface area contributed by atoms with E-state index in [1.165, 1.54) is 7.11 Å². The van der Waals surface area contributed by atoms with Crippen LogP contribution in [0.4, 0.5) is 8.78 Å². The smallest absolute Gasteiger partial charge is 0.308 e. The molecule has 0 saturated carbocycles. The van der Waals surface area contributed by atoms with E-state index in [0.717, 1.165) is 4.31 Å². The molecule has 1 N–H and O–H groups in total. The van der Waals surface area contributed by atoms with Crippen LogP contribution >= 0.6 is 0 Å². The molecule has 0 spiro atoms. The van der Waals surface area contributed by atoms with Crippen LogP contribution in [0.15, 0.2) is 0 Å². The largest absolute Gasteiger partial charge is 0.469 e. The maximum absolute atomic E-state index is 12.5. The Hall–Kier alpha value is -0.840. The number of aliphatic hydroxyl groups excluding tert-OH is 1. The molecule has 0 aromatic carbocycles. The van der Waals surface area contributed by atoms with Gasteiger partial charge in [-0.05, 0) is 12.8 Å². The summed E-state index contributed by atoms with van der Waals surface area (Å²) in [5.74, 6) is -0.769. The first kappa shape index (κ1) is 18.2. The van der Waals surface area contributed by atoms with Gasteiger partial charge in [-0.2, -0.15) is 17.0 Å². The Morgan fingerprint density at radius 3 is 2.43 bits per heavy atom. The second-order valence-corrected chi connectivity index (χ2v) is 6.61. The molecule has 1 heterocycles. The lowest BCUT2D eigenvalue weighted by molar-refractivity contribution is -0.146. The van der Waals surface area contributed by atoms with E-state index in [0.29, 0.717) is 4.31 Å². The quantitative estimate of drug-likeness (QED) is 0.646. The molecule has 0 atom stereocenters. The third-order valence-electron chi connectivity index (χ3n) is 3.33. The maximum atomic E-state index is 12.5. The maximum Gasteiger partial charge on any atom is 0.308 e. The summed E-state index contributed by atoms with van der Waals surface area (Å²) in [5.41, 5.74) is 0. The molecule has 7 nitrogen and oxygen atoms in total. The van der Waals surface area contributed by atoms with Crippen molar-refractivity contribution in [3.63, 3.8) is 0 Å². The molecule has 0 radical (unpaired) electrons. The minimum Gasteiger partial charge on any atom is -0.469 e. The first-order valence-corrected chi connectivity index (χ1v) is 7.94. The lowest BCUT2D eigenvalue weighted by Gasteiger charge is -2.33. The van der Waals surface area contributed by atoms with Gasteiger partial charge in [0.25, 0.3) is 16.6 Å². The van der Waals surface area contributed by atoms with E-state index in [1.54, 1.807) is 0 Å². The van der Waals surface area contributed by atoms with Crippen molar-refractivity contribution in [2.45, 2.75) is 19.3 Å². The van der Waals surface area contributed by atoms with Gasteiger partial charge in [-0.1, -0.05) is 0 Å². The Balaban J connectivity index is 2.72. The monoisotopic (exact) mass is 330 g/mol. The molecule has 1 saturated heterocycles. The van der Waals surface area contributed by atoms with Gasteiger partial charge in [0.2, 0.25) is 0 Å². The predicted molar refractivity (Wildman–Crippen MR) is 69.9 cm³/mol. The summed E-state index contributed by atoms with van der Waals surface area (Å²) in [7, 11) is -2.80. The molecule has 21 heavy (non-hydrogen) atoms. The molecule has 1 fully saturated rings. The summed E-state index contributed by atoms with van der Waals surface area (Å²) in [4.78, 5) is 11.4. The van der Waals surface area contributed by atoms with Crippen molar-refractivity contribution in [3.05, 3.63) is 0 Å². The average molecular weight is 330 g/mol. The minimum absolute atomic E-state index is 0.0628. The minimum atomic E-state index is -4.06. The van der Waals surface area contributed by atoms with E-state index >= 15 is 0 Å². The van der Waals surface area contributed by atoms with E-state index in [9.17, 15) is 22.0 Å². The molecule has 0 bridgehead atoms. The third kappa shape index (κ3) is 4.83. The number of aliphatic hydroxyl groups is 1. The van der Waals surface area contributed by atoms with Crippen LogP contribution in [0.1, 0.15) is 12.8 Å². The topological polar surface area (TPSA) is 87.2 Å². The zero-order chi connectivity index (χ0) is 16.0. The number of esters is 1. The number of halogens is 2. The summed E-state index contributed by atoms with van der Waals surface area (Å²) in [6.45, 7) is -1.76. The highest BCUT2D eigenvalue weighted by molar-refractivity contribution is 7.86. The molecular formula is C11H20F2N2O5S. The van der Waals surface area contributed by atoms with Crippen LogP contribution in [-0.2, 0) is 19.7 Å². The molecule has 0 aromatic heterocycles. The Morgan fingerprint density at radius 1 is 1.43 bits per heavy atom. The molecular weight excluding hydrogens is 310 g/mol. The van der Waals surface area contributed by atoms with Crippen molar-refractivity contribution in [1.82, 2.24) is 8.61 Å². The summed E-state index contributed by atoms with van der Waals surface area (Å²) in [5, 5.41) is 8.83. The number of carbonyl (C=O) groups excluding carboxylic acids is 1. The van der Waals surface area contributed by atoms with Crippen LogP contribution in [0.3, 0.4) is 0 Å². The third-order valence-corrected chi connectivity index (χ3v) is 5.33. The summed E-state index contributed by atoms with van der Waals surface area (Å²) >= 11 is 0. The summed E-state index contributed by atoms with van der Waals surface area (Å²) in [6.07, 6.45) is -2.25. The Bertz CT molecular complexity index is 438. The van der Waals surface area contributed by atoms with Crippen LogP contribution in [-0.4, -0.2) is 74.4 Å². The average Bonchev–Trinajstić information content (AvgIpc) is 2.45. The fraction of sp³-hybridized carbons (Fsp3) is 0.909. The van der Waals surface area contributed by atoms with Gasteiger partial charge in [0.1, 0.15) is 0 Å². The molecule has 0 unspecified atom stereocenters. The Labute approximate surface area is 122 Å². The fourth-order valence-electron chi connectivity index (χ4n) is 2.22. The summed E-state index contributed by atoms with van der Waals surface area (Å²) < 4.78 is 55.6. The van der Waals surface area contributed by atoms with Gasteiger partial charge >= 0.3 is 5.97 Å². The fourth-order valence-corrected chi connectivity index (χ4v) is 3.83. The standard InChI is InChI=1S/C11H20F2N2O5S/c1-20-11(17)9-2-4-14(5-3-9)21(18,19)15(6-7-16)8-10(12)13/h9-10,16H,2-8H2,1H3. The summed E-state index contributed by atoms with van der Waals surface area (Å²) in [6, 6.07) is 0. The molecule has 10 heteroatoms. The number of hydrogen-bond donors (Lipinski definition) is 1. The van der Waals surface area contributed by atoms with E-state index in [-0.39, 0.29) is 38.4 Å². The van der Waals surface area contributed by atoms with Crippen LogP contribution < -0.4 is 0 Å². The predicted octanol–water partition coefficient (Wildman–Crippen LogP) is -0.324. The van der Waals surface area contributed by atoms with E-state index in [2.05, 4.69) is 4.74 Å². The Kier molecular flexibility index (Phi) is 6.91. The zero-order valence-electron chi connectivity index (χ0n) is 11.7. The van der Waals surface area contributed by atoms with Crippen molar-refractivity contribution in [1.29, 1.82) is 0 Å². The molecule has 124 valence electrons. The number of hydrogen-bond acceptors (Lipinski definition) is 5. The van der Waals surface area contributed by atoms with Crippen LogP contribution in [0, 0.1) is 5.92 Å². The van der Waals surface area contributed by atoms with Crippen molar-refractivity contribution >= 4 is 16.2 Å². The van der Waals surface area contributed by atoms with Crippen molar-refractivity contribution in [2.24, 2.45) is 5.92 Å². The van der Waals surface area contributed by atoms with Gasteiger partial charge in [-0.3, -0.25) is 4.79 Å². The van der Waals surface area contributed by atoms with Crippen molar-refractivity contribution in [3.8, 4) is 0 Å². The van der Waals surface area contributed by atoms with E-state index < -0.39 is 35.8 Å². The lowest BCUT2D eigenvalue weighted by Crippen LogP contribution is -2.49. The number of rotatable bonds is 7. The lowest BCUT2D eigenvalue weighted by atomic mass is 9.99. The normalized spacial score (nSPS) is 18.4. The molecule has 1 aliphatic rings. The number of piperidine rings is 1. The second-order valence-electron chi connectivity index (χ2n) is 4.68. The second kappa shape index (κ2) is 7.97. The SMILES string of the molecule is COC(=O)C1CCN(S(=O)(=O)N(CCO)CC(F)F)CC1. The van der Waals surface area contributed by atoms with Gasteiger partial charge in [-0.15, -0.1) is 0 Å². The first-order chi connectivity index (χ1) is 9.82. The van der Waals surface area contributed by atoms with Gasteiger partial charge in [0, 0.05) is 19.6 Å². The van der Waals surface area contributed by atoms with E-state index in [4.69, 9.17) is 5.11 Å². The number of alkyl halides is 2. The van der Waals surface area contributed by atoms with Gasteiger partial charge in [-0.25, -0.2) is 8.78 Å². The molecule has 1 aliphatic heterocycles. The van der Waals surface area contributed by atoms with Crippen LogP contribution in [0.25, 0.3) is 0 Å². The van der Waals surface area contributed by atoms with Crippen molar-refractivity contribution in [2.75, 3.05) is 39.9 Å². The van der Waals surface area contributed by atoms with Gasteiger partial charge < -0.3 is 9.84 Å². The van der Waals surface area contributed by atoms with Crippen molar-refractivity contribution < 1.29 is 31.8 Å². The highest BCUT2D eigenvalue weighted by Crippen LogP contribution is 2.22. The first-order valence-electron chi connectivity index (χ1n) is 6.55. The molecule has 0 amide bonds. The number of methoxy groups -OCH3 is 1. The molecule has 1 rings (SSSR count). The number of carbonyl (C=O) groups is 1. The number of ether oxygens (including phenoxy) is 1. The van der Waals surface area contributed by atoms with Crippen LogP contribution in [0.2, 0.25) is 0 Å². The van der Waals surface area contributed by atoms with E-state index in [1.807, 2.05) is 0 Å². The zero-order valence-corrected chi connectivity index (χ0v) is 12.6. The van der Waals surface area contributed by atoms with Crippen LogP contribution in [0.5, 0.6) is 0 Å². The highest BCUT2D eigenvalue weighted by atomic mass is 32.2. The van der Waals surface area contributed by atoms with Gasteiger partial charge in [0.05, 0.1) is 26.2 Å². The molecule has 0 aliphatic carbocycles. The molecule has 0 aromatic rings. The highest BCUT2D eigenvalue weighted by Gasteiger charge is 2.35. The Morgan fingerprint density at radius 2 is 2.00 bits per heavy atom. The number of nitrogens with zero attached hydrogens (tertiary/aromatic N) is 2.